The second-order valence-electron chi connectivity index (χ2n) is 9.32. The molecule has 1 saturated heterocycles. The number of benzene rings is 3. The number of rotatable bonds is 6. The molecule has 0 spiro atoms. The zero-order chi connectivity index (χ0) is 24.5. The van der Waals surface area contributed by atoms with Gasteiger partial charge in [0, 0.05) is 27.4 Å². The third-order valence-electron chi connectivity index (χ3n) is 5.68. The van der Waals surface area contributed by atoms with E-state index in [1.54, 1.807) is 30.3 Å². The van der Waals surface area contributed by atoms with E-state index in [1.165, 1.54) is 6.07 Å². The molecule has 0 saturated carbocycles. The number of hydrogen-bond donors (Lipinski definition) is 0. The van der Waals surface area contributed by atoms with Crippen LogP contribution in [0.1, 0.15) is 37.5 Å². The summed E-state index contributed by atoms with van der Waals surface area (Å²) >= 11 is 9.96. The van der Waals surface area contributed by atoms with Crippen LogP contribution in [0, 0.1) is 11.2 Å². The van der Waals surface area contributed by atoms with Crippen molar-refractivity contribution in [3.63, 3.8) is 0 Å². The van der Waals surface area contributed by atoms with Crippen molar-refractivity contribution in [1.82, 2.24) is 0 Å². The molecule has 0 N–H and O–H groups in total. The summed E-state index contributed by atoms with van der Waals surface area (Å²) in [6, 6.07) is 19.2. The largest absolute Gasteiger partial charge is 0.489 e. The van der Waals surface area contributed by atoms with Crippen molar-refractivity contribution in [2.24, 2.45) is 5.41 Å². The Labute approximate surface area is 212 Å². The fraction of sp³-hybridized carbons (Fsp3) is 0.296. The van der Waals surface area contributed by atoms with Gasteiger partial charge >= 0.3 is 5.97 Å². The molecule has 3 aromatic rings. The van der Waals surface area contributed by atoms with Crippen LogP contribution in [0.25, 0.3) is 0 Å². The quantitative estimate of drug-likeness (QED) is 0.306. The lowest BCUT2D eigenvalue weighted by molar-refractivity contribution is -0.156. The molecular weight excluding hydrogens is 523 g/mol. The minimum absolute atomic E-state index is 0.0371. The van der Waals surface area contributed by atoms with Gasteiger partial charge in [-0.3, -0.25) is 0 Å². The SMILES string of the molecule is CC(C)(C)[C@H]1OC(=O)[C@@](Cc2c(OCc3ccccc3)ccc(Cl)c2Br)(c2ccccc2F)O1. The monoisotopic (exact) mass is 546 g/mol. The van der Waals surface area contributed by atoms with Crippen LogP contribution in [0.5, 0.6) is 5.75 Å². The predicted octanol–water partition coefficient (Wildman–Crippen LogP) is 7.20. The van der Waals surface area contributed by atoms with E-state index in [4.69, 9.17) is 25.8 Å². The van der Waals surface area contributed by atoms with Crippen molar-refractivity contribution >= 4 is 33.5 Å². The molecule has 0 unspecified atom stereocenters. The maximum atomic E-state index is 15.1. The number of carbonyl (C=O) groups excluding carboxylic acids is 1. The Kier molecular flexibility index (Phi) is 7.04. The van der Waals surface area contributed by atoms with E-state index in [0.29, 0.717) is 27.4 Å². The van der Waals surface area contributed by atoms with Crippen LogP contribution in [0.3, 0.4) is 0 Å². The van der Waals surface area contributed by atoms with Crippen molar-refractivity contribution in [2.75, 3.05) is 0 Å². The van der Waals surface area contributed by atoms with Gasteiger partial charge in [0.25, 0.3) is 0 Å². The van der Waals surface area contributed by atoms with Crippen molar-refractivity contribution in [1.29, 1.82) is 0 Å². The maximum Gasteiger partial charge on any atom is 0.346 e. The van der Waals surface area contributed by atoms with Gasteiger partial charge in [0.15, 0.2) is 0 Å². The molecule has 0 aromatic heterocycles. The zero-order valence-corrected chi connectivity index (χ0v) is 21.5. The number of halogens is 3. The standard InChI is InChI=1S/C27H25BrClFO4/c1-26(2,3)25-33-24(31)27(34-25,19-11-7-8-12-21(19)30)15-18-22(14-13-20(29)23(18)28)32-16-17-9-5-4-6-10-17/h4-14,25H,15-16H2,1-3H3/t25-,27+/m0/s1. The Morgan fingerprint density at radius 1 is 1.06 bits per heavy atom. The Morgan fingerprint density at radius 2 is 1.74 bits per heavy atom. The molecule has 4 rings (SSSR count). The van der Waals surface area contributed by atoms with Crippen LogP contribution >= 0.6 is 27.5 Å². The first-order valence-electron chi connectivity index (χ1n) is 10.9. The molecule has 1 aliphatic rings. The van der Waals surface area contributed by atoms with Crippen molar-refractivity contribution < 1.29 is 23.4 Å². The molecule has 0 bridgehead atoms. The first kappa shape index (κ1) is 24.7. The van der Waals surface area contributed by atoms with Crippen LogP contribution in [0.15, 0.2) is 71.2 Å². The summed E-state index contributed by atoms with van der Waals surface area (Å²) in [4.78, 5) is 13.4. The zero-order valence-electron chi connectivity index (χ0n) is 19.1. The smallest absolute Gasteiger partial charge is 0.346 e. The van der Waals surface area contributed by atoms with Crippen LogP contribution in [-0.2, 0) is 32.9 Å². The van der Waals surface area contributed by atoms with E-state index in [-0.39, 0.29) is 12.0 Å². The Hall–Kier alpha value is -2.41. The molecule has 3 aromatic carbocycles. The fourth-order valence-corrected chi connectivity index (χ4v) is 4.48. The van der Waals surface area contributed by atoms with Gasteiger partial charge in [0.05, 0.1) is 5.02 Å². The molecule has 1 heterocycles. The second-order valence-corrected chi connectivity index (χ2v) is 10.5. The van der Waals surface area contributed by atoms with Crippen LogP contribution < -0.4 is 4.74 Å². The molecule has 0 radical (unpaired) electrons. The number of cyclic esters (lactones) is 1. The summed E-state index contributed by atoms with van der Waals surface area (Å²) < 4.78 is 33.7. The minimum Gasteiger partial charge on any atom is -0.489 e. The molecule has 1 aliphatic heterocycles. The molecule has 1 fully saturated rings. The lowest BCUT2D eigenvalue weighted by atomic mass is 9.86. The van der Waals surface area contributed by atoms with Gasteiger partial charge < -0.3 is 14.2 Å². The van der Waals surface area contributed by atoms with Crippen LogP contribution in [0.4, 0.5) is 4.39 Å². The summed E-state index contributed by atoms with van der Waals surface area (Å²) in [5.74, 6) is -0.705. The van der Waals surface area contributed by atoms with Gasteiger partial charge in [-0.1, -0.05) is 80.9 Å². The third-order valence-corrected chi connectivity index (χ3v) is 7.13. The van der Waals surface area contributed by atoms with E-state index >= 15 is 4.39 Å². The molecule has 34 heavy (non-hydrogen) atoms. The molecule has 0 aliphatic carbocycles. The Morgan fingerprint density at radius 3 is 2.38 bits per heavy atom. The topological polar surface area (TPSA) is 44.8 Å². The number of esters is 1. The van der Waals surface area contributed by atoms with E-state index in [1.807, 2.05) is 51.1 Å². The number of ether oxygens (including phenoxy) is 3. The molecule has 2 atom stereocenters. The number of hydrogen-bond acceptors (Lipinski definition) is 4. The second kappa shape index (κ2) is 9.68. The van der Waals surface area contributed by atoms with Gasteiger partial charge in [-0.15, -0.1) is 0 Å². The molecule has 4 nitrogen and oxygen atoms in total. The summed E-state index contributed by atoms with van der Waals surface area (Å²) in [5, 5.41) is 0.435. The lowest BCUT2D eigenvalue weighted by Gasteiger charge is -2.30. The van der Waals surface area contributed by atoms with Crippen molar-refractivity contribution in [3.8, 4) is 5.75 Å². The number of carbonyl (C=O) groups is 1. The summed E-state index contributed by atoms with van der Waals surface area (Å²) in [5.41, 5.74) is -0.555. The van der Waals surface area contributed by atoms with E-state index < -0.39 is 29.1 Å². The first-order chi connectivity index (χ1) is 16.1. The molecule has 178 valence electrons. The normalized spacial score (nSPS) is 20.3. The van der Waals surface area contributed by atoms with E-state index in [9.17, 15) is 4.79 Å². The highest BCUT2D eigenvalue weighted by Gasteiger charge is 2.56. The summed E-state index contributed by atoms with van der Waals surface area (Å²) in [6.07, 6.45) is -0.892. The highest BCUT2D eigenvalue weighted by molar-refractivity contribution is 9.10. The van der Waals surface area contributed by atoms with E-state index in [2.05, 4.69) is 15.9 Å². The average molecular weight is 548 g/mol. The Balaban J connectivity index is 1.79. The minimum atomic E-state index is -1.71. The third kappa shape index (κ3) is 4.85. The predicted molar refractivity (Wildman–Crippen MR) is 132 cm³/mol. The summed E-state index contributed by atoms with van der Waals surface area (Å²) in [7, 11) is 0. The molecular formula is C27H25BrClFO4. The van der Waals surface area contributed by atoms with Crippen LogP contribution in [-0.4, -0.2) is 12.3 Å². The van der Waals surface area contributed by atoms with Crippen molar-refractivity contribution in [3.05, 3.63) is 98.7 Å². The molecule has 7 heteroatoms. The van der Waals surface area contributed by atoms with Gasteiger partial charge in [-0.2, -0.15) is 0 Å². The van der Waals surface area contributed by atoms with Crippen molar-refractivity contribution in [2.45, 2.75) is 45.7 Å². The summed E-state index contributed by atoms with van der Waals surface area (Å²) in [6.45, 7) is 5.99. The highest BCUT2D eigenvalue weighted by Crippen LogP contribution is 2.47. The fourth-order valence-electron chi connectivity index (χ4n) is 3.83. The first-order valence-corrected chi connectivity index (χ1v) is 12.1. The van der Waals surface area contributed by atoms with E-state index in [0.717, 1.165) is 5.56 Å². The lowest BCUT2D eigenvalue weighted by Crippen LogP contribution is -2.38. The van der Waals surface area contributed by atoms with Gasteiger partial charge in [-0.25, -0.2) is 9.18 Å². The highest BCUT2D eigenvalue weighted by atomic mass is 79.9. The van der Waals surface area contributed by atoms with Gasteiger partial charge in [-0.05, 0) is 39.7 Å². The Bertz CT molecular complexity index is 1190. The van der Waals surface area contributed by atoms with Gasteiger partial charge in [0.1, 0.15) is 18.2 Å². The average Bonchev–Trinajstić information content (AvgIpc) is 3.15. The maximum absolute atomic E-state index is 15.1. The molecule has 0 amide bonds. The van der Waals surface area contributed by atoms with Gasteiger partial charge in [0.2, 0.25) is 11.9 Å². The van der Waals surface area contributed by atoms with Crippen LogP contribution in [0.2, 0.25) is 5.02 Å².